The summed E-state index contributed by atoms with van der Waals surface area (Å²) in [5.41, 5.74) is 4.24. The summed E-state index contributed by atoms with van der Waals surface area (Å²) in [7, 11) is 1.63. The Morgan fingerprint density at radius 1 is 1.00 bits per heavy atom. The van der Waals surface area contributed by atoms with Crippen LogP contribution in [0, 0.1) is 0 Å². The summed E-state index contributed by atoms with van der Waals surface area (Å²) in [6.45, 7) is 0.975. The number of fused-ring (bicyclic) bond motifs is 1. The van der Waals surface area contributed by atoms with E-state index in [0.717, 1.165) is 32.3 Å². The topological polar surface area (TPSA) is 79.1 Å². The molecule has 4 rings (SSSR count). The highest BCUT2D eigenvalue weighted by Gasteiger charge is 2.13. The first-order chi connectivity index (χ1) is 14.1. The van der Waals surface area contributed by atoms with E-state index in [2.05, 4.69) is 31.2 Å². The summed E-state index contributed by atoms with van der Waals surface area (Å²) in [6, 6.07) is 19.6. The summed E-state index contributed by atoms with van der Waals surface area (Å²) in [4.78, 5) is 17.0. The molecule has 0 saturated carbocycles. The number of H-pyrrole nitrogens is 2. The van der Waals surface area contributed by atoms with E-state index in [1.54, 1.807) is 7.11 Å². The molecule has 6 nitrogen and oxygen atoms in total. The van der Waals surface area contributed by atoms with Gasteiger partial charge in [0.1, 0.15) is 6.61 Å². The van der Waals surface area contributed by atoms with E-state index in [0.29, 0.717) is 24.7 Å². The van der Waals surface area contributed by atoms with Crippen LogP contribution in [0.25, 0.3) is 11.0 Å². The number of nitrogens with one attached hydrogen (secondary N) is 3. The van der Waals surface area contributed by atoms with E-state index in [1.165, 1.54) is 0 Å². The van der Waals surface area contributed by atoms with Crippen LogP contribution in [0.1, 0.15) is 11.1 Å². The van der Waals surface area contributed by atoms with E-state index in [-0.39, 0.29) is 5.69 Å². The number of halogens is 1. The second-order valence-electron chi connectivity index (χ2n) is 6.56. The van der Waals surface area contributed by atoms with Crippen LogP contribution in [0.3, 0.4) is 0 Å². The third kappa shape index (κ3) is 4.46. The summed E-state index contributed by atoms with van der Waals surface area (Å²) in [6.07, 6.45) is 0. The van der Waals surface area contributed by atoms with E-state index in [4.69, 9.17) is 9.47 Å². The first kappa shape index (κ1) is 19.1. The van der Waals surface area contributed by atoms with Crippen LogP contribution < -0.4 is 20.5 Å². The number of anilines is 1. The highest BCUT2D eigenvalue weighted by Crippen LogP contribution is 2.36. The van der Waals surface area contributed by atoms with Crippen LogP contribution in [-0.2, 0) is 13.2 Å². The zero-order valence-corrected chi connectivity index (χ0v) is 17.4. The molecule has 0 aliphatic rings. The molecule has 0 unspecified atom stereocenters. The van der Waals surface area contributed by atoms with Crippen molar-refractivity contribution in [3.05, 3.63) is 86.7 Å². The number of aromatic amines is 2. The predicted molar refractivity (Wildman–Crippen MR) is 118 cm³/mol. The molecule has 1 aromatic heterocycles. The van der Waals surface area contributed by atoms with Crippen molar-refractivity contribution in [2.24, 2.45) is 0 Å². The van der Waals surface area contributed by atoms with Crippen molar-refractivity contribution in [1.82, 2.24) is 9.97 Å². The third-order valence-corrected chi connectivity index (χ3v) is 5.00. The molecule has 0 atom stereocenters. The average Bonchev–Trinajstić information content (AvgIpc) is 3.11. The zero-order chi connectivity index (χ0) is 20.2. The van der Waals surface area contributed by atoms with Gasteiger partial charge in [-0.25, -0.2) is 4.79 Å². The van der Waals surface area contributed by atoms with Crippen molar-refractivity contribution in [2.45, 2.75) is 13.2 Å². The maximum absolute atomic E-state index is 11.5. The van der Waals surface area contributed by atoms with Crippen molar-refractivity contribution in [3.63, 3.8) is 0 Å². The second-order valence-corrected chi connectivity index (χ2v) is 7.48. The van der Waals surface area contributed by atoms with Crippen LogP contribution >= 0.6 is 15.9 Å². The summed E-state index contributed by atoms with van der Waals surface area (Å²) < 4.78 is 12.6. The van der Waals surface area contributed by atoms with Gasteiger partial charge in [0.15, 0.2) is 11.5 Å². The van der Waals surface area contributed by atoms with Crippen molar-refractivity contribution in [2.75, 3.05) is 12.4 Å². The van der Waals surface area contributed by atoms with Gasteiger partial charge in [0.2, 0.25) is 0 Å². The van der Waals surface area contributed by atoms with Crippen molar-refractivity contribution >= 4 is 32.7 Å². The Morgan fingerprint density at radius 3 is 2.59 bits per heavy atom. The zero-order valence-electron chi connectivity index (χ0n) is 15.8. The Bertz CT molecular complexity index is 1190. The first-order valence-electron chi connectivity index (χ1n) is 9.11. The van der Waals surface area contributed by atoms with Gasteiger partial charge < -0.3 is 24.8 Å². The Labute approximate surface area is 176 Å². The smallest absolute Gasteiger partial charge is 0.323 e. The Morgan fingerprint density at radius 2 is 1.79 bits per heavy atom. The molecule has 7 heteroatoms. The maximum atomic E-state index is 11.5. The molecule has 0 saturated heterocycles. The van der Waals surface area contributed by atoms with Gasteiger partial charge in [-0.1, -0.05) is 46.3 Å². The number of rotatable bonds is 7. The van der Waals surface area contributed by atoms with Gasteiger partial charge in [-0.05, 0) is 35.9 Å². The minimum atomic E-state index is -0.217. The molecule has 3 N–H and O–H groups in total. The lowest BCUT2D eigenvalue weighted by Gasteiger charge is -2.17. The molecule has 0 radical (unpaired) electrons. The van der Waals surface area contributed by atoms with Gasteiger partial charge in [-0.15, -0.1) is 0 Å². The number of methoxy groups -OCH3 is 1. The quantitative estimate of drug-likeness (QED) is 0.374. The Kier molecular flexibility index (Phi) is 5.57. The molecule has 148 valence electrons. The molecule has 3 aromatic carbocycles. The standard InChI is InChI=1S/C22H20BrN3O3/c1-28-20-10-16(23)9-15(21(20)29-13-14-5-3-2-4-6-14)12-24-17-7-8-18-19(11-17)26-22(27)25-18/h2-11,24H,12-13H2,1H3,(H2,25,26,27). The van der Waals surface area contributed by atoms with E-state index < -0.39 is 0 Å². The molecule has 1 heterocycles. The summed E-state index contributed by atoms with van der Waals surface area (Å²) in [5, 5.41) is 3.39. The lowest BCUT2D eigenvalue weighted by atomic mass is 10.1. The Hall–Kier alpha value is -3.19. The minimum absolute atomic E-state index is 0.217. The van der Waals surface area contributed by atoms with Crippen LogP contribution in [0.5, 0.6) is 11.5 Å². The van der Waals surface area contributed by atoms with Gasteiger partial charge in [-0.3, -0.25) is 0 Å². The second kappa shape index (κ2) is 8.45. The number of imidazole rings is 1. The molecule has 0 amide bonds. The van der Waals surface area contributed by atoms with Crippen molar-refractivity contribution in [1.29, 1.82) is 0 Å². The largest absolute Gasteiger partial charge is 0.493 e. The highest BCUT2D eigenvalue weighted by molar-refractivity contribution is 9.10. The molecule has 0 fully saturated rings. The lowest BCUT2D eigenvalue weighted by Crippen LogP contribution is -2.05. The van der Waals surface area contributed by atoms with Gasteiger partial charge in [0, 0.05) is 22.3 Å². The van der Waals surface area contributed by atoms with Crippen molar-refractivity contribution < 1.29 is 9.47 Å². The van der Waals surface area contributed by atoms with Gasteiger partial charge in [0.05, 0.1) is 18.1 Å². The van der Waals surface area contributed by atoms with Crippen LogP contribution in [-0.4, -0.2) is 17.1 Å². The molecule has 0 bridgehead atoms. The molecule has 4 aromatic rings. The number of aromatic nitrogens is 2. The van der Waals surface area contributed by atoms with Gasteiger partial charge in [-0.2, -0.15) is 0 Å². The molecular formula is C22H20BrN3O3. The van der Waals surface area contributed by atoms with Gasteiger partial charge >= 0.3 is 5.69 Å². The van der Waals surface area contributed by atoms with E-state index in [1.807, 2.05) is 60.7 Å². The van der Waals surface area contributed by atoms with Crippen molar-refractivity contribution in [3.8, 4) is 11.5 Å². The lowest BCUT2D eigenvalue weighted by molar-refractivity contribution is 0.281. The number of ether oxygens (including phenoxy) is 2. The van der Waals surface area contributed by atoms with E-state index >= 15 is 0 Å². The Balaban J connectivity index is 1.57. The highest BCUT2D eigenvalue weighted by atomic mass is 79.9. The molecule has 0 aliphatic heterocycles. The molecule has 0 aliphatic carbocycles. The molecule has 0 spiro atoms. The minimum Gasteiger partial charge on any atom is -0.493 e. The normalized spacial score (nSPS) is 10.8. The van der Waals surface area contributed by atoms with Crippen LogP contribution in [0.2, 0.25) is 0 Å². The summed E-state index contributed by atoms with van der Waals surface area (Å²) >= 11 is 3.54. The third-order valence-electron chi connectivity index (χ3n) is 4.54. The monoisotopic (exact) mass is 453 g/mol. The van der Waals surface area contributed by atoms with Crippen LogP contribution in [0.15, 0.2) is 69.9 Å². The summed E-state index contributed by atoms with van der Waals surface area (Å²) in [5.74, 6) is 1.36. The number of hydrogen-bond donors (Lipinski definition) is 3. The fourth-order valence-electron chi connectivity index (χ4n) is 3.14. The molecular weight excluding hydrogens is 434 g/mol. The SMILES string of the molecule is COc1cc(Br)cc(CNc2ccc3[nH]c(=O)[nH]c3c2)c1OCc1ccccc1. The fourth-order valence-corrected chi connectivity index (χ4v) is 3.62. The van der Waals surface area contributed by atoms with Crippen LogP contribution in [0.4, 0.5) is 5.69 Å². The maximum Gasteiger partial charge on any atom is 0.323 e. The fraction of sp³-hybridized carbons (Fsp3) is 0.136. The predicted octanol–water partition coefficient (Wildman–Crippen LogP) is 4.82. The average molecular weight is 454 g/mol. The molecule has 29 heavy (non-hydrogen) atoms. The van der Waals surface area contributed by atoms with Gasteiger partial charge in [0.25, 0.3) is 0 Å². The first-order valence-corrected chi connectivity index (χ1v) is 9.91. The van der Waals surface area contributed by atoms with E-state index in [9.17, 15) is 4.79 Å². The number of hydrogen-bond acceptors (Lipinski definition) is 4. The number of benzene rings is 3.